The van der Waals surface area contributed by atoms with Gasteiger partial charge in [-0.1, -0.05) is 57.6 Å². The van der Waals surface area contributed by atoms with E-state index >= 15 is 0 Å². The van der Waals surface area contributed by atoms with Gasteiger partial charge in [0, 0.05) is 5.41 Å². The highest BCUT2D eigenvalue weighted by atomic mass is 14.4. The predicted octanol–water partition coefficient (Wildman–Crippen LogP) is 5.74. The van der Waals surface area contributed by atoms with Crippen molar-refractivity contribution < 1.29 is 0 Å². The van der Waals surface area contributed by atoms with Gasteiger partial charge in [-0.15, -0.1) is 0 Å². The normalized spacial score (nSPS) is 21.6. The molecule has 0 aromatic carbocycles. The van der Waals surface area contributed by atoms with E-state index < -0.39 is 0 Å². The minimum Gasteiger partial charge on any atom is -0.0801 e. The summed E-state index contributed by atoms with van der Waals surface area (Å²) in [7, 11) is 0. The van der Waals surface area contributed by atoms with Gasteiger partial charge in [0.1, 0.15) is 0 Å². The average molecular weight is 242 g/mol. The standard InChI is InChI=1S/C18H26/c1-5-15-16(14-11-9-10-12-14)13-18(7-3,8-4)17(15)6-2/h9-11,13H,5-8,12H2,1-4H3. The van der Waals surface area contributed by atoms with Crippen molar-refractivity contribution in [2.45, 2.75) is 59.8 Å². The van der Waals surface area contributed by atoms with Crippen molar-refractivity contribution in [3.05, 3.63) is 46.6 Å². The second-order valence-electron chi connectivity index (χ2n) is 5.41. The van der Waals surface area contributed by atoms with E-state index in [1.54, 1.807) is 16.7 Å². The van der Waals surface area contributed by atoms with Crippen LogP contribution in [0.4, 0.5) is 0 Å². The summed E-state index contributed by atoms with van der Waals surface area (Å²) in [5, 5.41) is 0. The topological polar surface area (TPSA) is 0 Å². The molecule has 0 fully saturated rings. The summed E-state index contributed by atoms with van der Waals surface area (Å²) in [4.78, 5) is 0. The molecule has 0 aromatic rings. The molecule has 0 nitrogen and oxygen atoms in total. The first-order valence-corrected chi connectivity index (χ1v) is 7.54. The first-order valence-electron chi connectivity index (χ1n) is 7.54. The fraction of sp³-hybridized carbons (Fsp3) is 0.556. The molecule has 0 unspecified atom stereocenters. The molecule has 0 aromatic heterocycles. The molecule has 0 atom stereocenters. The summed E-state index contributed by atoms with van der Waals surface area (Å²) in [6.45, 7) is 9.31. The van der Waals surface area contributed by atoms with Crippen molar-refractivity contribution in [3.8, 4) is 0 Å². The Labute approximate surface area is 112 Å². The molecule has 0 saturated heterocycles. The Bertz CT molecular complexity index is 437. The van der Waals surface area contributed by atoms with E-state index in [2.05, 4.69) is 52.0 Å². The highest BCUT2D eigenvalue weighted by molar-refractivity contribution is 5.59. The smallest absolute Gasteiger partial charge is 0.0101 e. The molecule has 0 N–H and O–H groups in total. The molecule has 18 heavy (non-hydrogen) atoms. The van der Waals surface area contributed by atoms with Gasteiger partial charge in [-0.3, -0.25) is 0 Å². The van der Waals surface area contributed by atoms with Gasteiger partial charge in [0.05, 0.1) is 0 Å². The van der Waals surface area contributed by atoms with Crippen molar-refractivity contribution in [2.75, 3.05) is 0 Å². The van der Waals surface area contributed by atoms with Crippen molar-refractivity contribution in [1.82, 2.24) is 0 Å². The fourth-order valence-corrected chi connectivity index (χ4v) is 3.70. The van der Waals surface area contributed by atoms with Crippen LogP contribution >= 0.6 is 0 Å². The lowest BCUT2D eigenvalue weighted by atomic mass is 9.76. The predicted molar refractivity (Wildman–Crippen MR) is 80.5 cm³/mol. The van der Waals surface area contributed by atoms with Crippen LogP contribution in [0, 0.1) is 5.41 Å². The lowest BCUT2D eigenvalue weighted by molar-refractivity contribution is 0.419. The monoisotopic (exact) mass is 242 g/mol. The Morgan fingerprint density at radius 2 is 1.78 bits per heavy atom. The third-order valence-corrected chi connectivity index (χ3v) is 4.80. The molecule has 0 amide bonds. The van der Waals surface area contributed by atoms with Crippen LogP contribution in [-0.4, -0.2) is 0 Å². The highest BCUT2D eigenvalue weighted by Crippen LogP contribution is 2.50. The van der Waals surface area contributed by atoms with Gasteiger partial charge in [-0.05, 0) is 48.8 Å². The highest BCUT2D eigenvalue weighted by Gasteiger charge is 2.36. The minimum absolute atomic E-state index is 0.346. The van der Waals surface area contributed by atoms with Crippen LogP contribution in [-0.2, 0) is 0 Å². The zero-order chi connectivity index (χ0) is 13.2. The number of rotatable bonds is 5. The summed E-state index contributed by atoms with van der Waals surface area (Å²) in [5.41, 5.74) is 6.78. The maximum atomic E-state index is 2.59. The van der Waals surface area contributed by atoms with Gasteiger partial charge >= 0.3 is 0 Å². The maximum absolute atomic E-state index is 2.59. The van der Waals surface area contributed by atoms with Gasteiger partial charge < -0.3 is 0 Å². The van der Waals surface area contributed by atoms with Crippen molar-refractivity contribution in [1.29, 1.82) is 0 Å². The van der Waals surface area contributed by atoms with Gasteiger partial charge in [-0.2, -0.15) is 0 Å². The molecule has 0 bridgehead atoms. The van der Waals surface area contributed by atoms with E-state index in [9.17, 15) is 0 Å². The third-order valence-electron chi connectivity index (χ3n) is 4.80. The molecule has 0 radical (unpaired) electrons. The summed E-state index contributed by atoms with van der Waals surface area (Å²) in [6, 6.07) is 0. The van der Waals surface area contributed by atoms with Gasteiger partial charge in [0.15, 0.2) is 0 Å². The molecule has 0 heteroatoms. The second-order valence-corrected chi connectivity index (χ2v) is 5.41. The largest absolute Gasteiger partial charge is 0.0801 e. The van der Waals surface area contributed by atoms with E-state index in [0.29, 0.717) is 5.41 Å². The molecule has 98 valence electrons. The Morgan fingerprint density at radius 1 is 1.06 bits per heavy atom. The summed E-state index contributed by atoms with van der Waals surface area (Å²) < 4.78 is 0. The zero-order valence-corrected chi connectivity index (χ0v) is 12.3. The second kappa shape index (κ2) is 5.30. The van der Waals surface area contributed by atoms with E-state index in [4.69, 9.17) is 0 Å². The number of hydrogen-bond donors (Lipinski definition) is 0. The molecular weight excluding hydrogens is 216 g/mol. The van der Waals surface area contributed by atoms with Gasteiger partial charge in [-0.25, -0.2) is 0 Å². The number of allylic oxidation sites excluding steroid dienone is 8. The van der Waals surface area contributed by atoms with Crippen LogP contribution in [0.25, 0.3) is 0 Å². The van der Waals surface area contributed by atoms with Crippen LogP contribution in [0.3, 0.4) is 0 Å². The Morgan fingerprint density at radius 3 is 2.22 bits per heavy atom. The van der Waals surface area contributed by atoms with E-state index in [1.165, 1.54) is 31.3 Å². The summed E-state index contributed by atoms with van der Waals surface area (Å²) >= 11 is 0. The van der Waals surface area contributed by atoms with Crippen molar-refractivity contribution >= 4 is 0 Å². The molecule has 2 rings (SSSR count). The SMILES string of the molecule is CCC1=C(CC)C(CC)(CC)C=C1C1=CC=CC1. The Hall–Kier alpha value is -1.04. The van der Waals surface area contributed by atoms with Gasteiger partial charge in [0.2, 0.25) is 0 Å². The van der Waals surface area contributed by atoms with Crippen LogP contribution in [0.2, 0.25) is 0 Å². The summed E-state index contributed by atoms with van der Waals surface area (Å²) in [5.74, 6) is 0. The summed E-state index contributed by atoms with van der Waals surface area (Å²) in [6.07, 6.45) is 15.3. The molecule has 0 saturated carbocycles. The molecular formula is C18H26. The number of hydrogen-bond acceptors (Lipinski definition) is 0. The van der Waals surface area contributed by atoms with Crippen LogP contribution in [0.15, 0.2) is 46.6 Å². The third kappa shape index (κ3) is 1.92. The first kappa shape index (κ1) is 13.4. The van der Waals surface area contributed by atoms with E-state index in [0.717, 1.165) is 6.42 Å². The maximum Gasteiger partial charge on any atom is 0.0101 e. The zero-order valence-electron chi connectivity index (χ0n) is 12.3. The fourth-order valence-electron chi connectivity index (χ4n) is 3.70. The van der Waals surface area contributed by atoms with Gasteiger partial charge in [0.25, 0.3) is 0 Å². The molecule has 2 aliphatic carbocycles. The van der Waals surface area contributed by atoms with Crippen LogP contribution in [0.5, 0.6) is 0 Å². The van der Waals surface area contributed by atoms with Crippen LogP contribution < -0.4 is 0 Å². The van der Waals surface area contributed by atoms with E-state index in [-0.39, 0.29) is 0 Å². The van der Waals surface area contributed by atoms with Crippen molar-refractivity contribution in [2.24, 2.45) is 5.41 Å². The quantitative estimate of drug-likeness (QED) is 0.577. The minimum atomic E-state index is 0.346. The lowest BCUT2D eigenvalue weighted by Crippen LogP contribution is -2.16. The molecule has 0 spiro atoms. The van der Waals surface area contributed by atoms with Crippen LogP contribution in [0.1, 0.15) is 59.8 Å². The Balaban J connectivity index is 2.49. The molecule has 0 heterocycles. The molecule has 0 aliphatic heterocycles. The average Bonchev–Trinajstić information content (AvgIpc) is 3.03. The van der Waals surface area contributed by atoms with E-state index in [1.807, 2.05) is 0 Å². The lowest BCUT2D eigenvalue weighted by Gasteiger charge is -2.28. The molecule has 2 aliphatic rings. The first-order chi connectivity index (χ1) is 8.72. The Kier molecular flexibility index (Phi) is 3.94. The van der Waals surface area contributed by atoms with Crippen molar-refractivity contribution in [3.63, 3.8) is 0 Å².